The highest BCUT2D eigenvalue weighted by Gasteiger charge is 2.21. The fraction of sp³-hybridized carbons (Fsp3) is 0.538. The number of likely N-dealkylation sites (N-methyl/N-ethyl adjacent to an activating group) is 1. The highest BCUT2D eigenvalue weighted by Crippen LogP contribution is 2.06. The Morgan fingerprint density at radius 1 is 1.56 bits per heavy atom. The molecule has 100 valence electrons. The molecule has 1 aromatic heterocycles. The van der Waals surface area contributed by atoms with E-state index in [9.17, 15) is 4.79 Å². The number of carbonyl (C=O) groups is 1. The summed E-state index contributed by atoms with van der Waals surface area (Å²) in [5.74, 6) is 5.09. The number of rotatable bonds is 7. The third kappa shape index (κ3) is 4.43. The van der Waals surface area contributed by atoms with Gasteiger partial charge >= 0.3 is 0 Å². The first-order chi connectivity index (χ1) is 8.69. The van der Waals surface area contributed by atoms with Gasteiger partial charge in [-0.05, 0) is 25.6 Å². The van der Waals surface area contributed by atoms with E-state index in [4.69, 9.17) is 5.84 Å². The van der Waals surface area contributed by atoms with E-state index >= 15 is 0 Å². The SMILES string of the molecule is CCCC(C(=O)NN)N(C)CCc1ccccn1. The van der Waals surface area contributed by atoms with Crippen molar-refractivity contribution in [3.05, 3.63) is 30.1 Å². The molecule has 1 aromatic rings. The number of hydrogen-bond donors (Lipinski definition) is 2. The third-order valence-electron chi connectivity index (χ3n) is 2.99. The topological polar surface area (TPSA) is 71.2 Å². The smallest absolute Gasteiger partial charge is 0.251 e. The molecule has 1 heterocycles. The van der Waals surface area contributed by atoms with Crippen LogP contribution in [-0.2, 0) is 11.2 Å². The summed E-state index contributed by atoms with van der Waals surface area (Å²) >= 11 is 0. The molecule has 0 aliphatic carbocycles. The van der Waals surface area contributed by atoms with Crippen molar-refractivity contribution in [2.24, 2.45) is 5.84 Å². The minimum absolute atomic E-state index is 0.125. The molecule has 3 N–H and O–H groups in total. The van der Waals surface area contributed by atoms with E-state index in [2.05, 4.69) is 17.3 Å². The van der Waals surface area contributed by atoms with Crippen molar-refractivity contribution in [2.75, 3.05) is 13.6 Å². The van der Waals surface area contributed by atoms with Crippen LogP contribution in [0.3, 0.4) is 0 Å². The number of nitrogens with one attached hydrogen (secondary N) is 1. The van der Waals surface area contributed by atoms with Gasteiger partial charge in [-0.2, -0.15) is 0 Å². The summed E-state index contributed by atoms with van der Waals surface area (Å²) in [6.07, 6.45) is 4.37. The van der Waals surface area contributed by atoms with E-state index in [0.717, 1.165) is 31.5 Å². The lowest BCUT2D eigenvalue weighted by Gasteiger charge is -2.26. The number of hydrazine groups is 1. The zero-order valence-corrected chi connectivity index (χ0v) is 11.1. The second-order valence-electron chi connectivity index (χ2n) is 4.36. The number of aromatic nitrogens is 1. The van der Waals surface area contributed by atoms with Crippen LogP contribution in [0.15, 0.2) is 24.4 Å². The highest BCUT2D eigenvalue weighted by molar-refractivity contribution is 5.81. The van der Waals surface area contributed by atoms with Crippen LogP contribution in [0, 0.1) is 0 Å². The first kappa shape index (κ1) is 14.6. The molecule has 1 atom stereocenters. The van der Waals surface area contributed by atoms with Crippen molar-refractivity contribution in [2.45, 2.75) is 32.2 Å². The first-order valence-corrected chi connectivity index (χ1v) is 6.29. The van der Waals surface area contributed by atoms with Crippen molar-refractivity contribution < 1.29 is 4.79 Å². The summed E-state index contributed by atoms with van der Waals surface area (Å²) < 4.78 is 0. The fourth-order valence-corrected chi connectivity index (χ4v) is 1.91. The van der Waals surface area contributed by atoms with Gasteiger partial charge in [0.1, 0.15) is 0 Å². The van der Waals surface area contributed by atoms with Gasteiger partial charge in [-0.1, -0.05) is 19.4 Å². The Kier molecular flexibility index (Phi) is 6.32. The monoisotopic (exact) mass is 250 g/mol. The first-order valence-electron chi connectivity index (χ1n) is 6.29. The van der Waals surface area contributed by atoms with Gasteiger partial charge < -0.3 is 0 Å². The van der Waals surface area contributed by atoms with Gasteiger partial charge in [0.25, 0.3) is 5.91 Å². The van der Waals surface area contributed by atoms with Crippen LogP contribution in [0.5, 0.6) is 0 Å². The molecule has 0 saturated heterocycles. The minimum Gasteiger partial charge on any atom is -0.295 e. The Bertz CT molecular complexity index is 355. The summed E-state index contributed by atoms with van der Waals surface area (Å²) in [5, 5.41) is 0. The summed E-state index contributed by atoms with van der Waals surface area (Å²) in [7, 11) is 1.94. The Morgan fingerprint density at radius 3 is 2.89 bits per heavy atom. The van der Waals surface area contributed by atoms with Gasteiger partial charge in [0.2, 0.25) is 0 Å². The van der Waals surface area contributed by atoms with E-state index in [1.54, 1.807) is 6.20 Å². The van der Waals surface area contributed by atoms with Gasteiger partial charge in [0.15, 0.2) is 0 Å². The Morgan fingerprint density at radius 2 is 2.33 bits per heavy atom. The normalized spacial score (nSPS) is 12.4. The number of amides is 1. The van der Waals surface area contributed by atoms with Crippen LogP contribution in [0.2, 0.25) is 0 Å². The predicted octanol–water partition coefficient (Wildman–Crippen LogP) is 0.715. The number of nitrogens with two attached hydrogens (primary N) is 1. The molecule has 0 radical (unpaired) electrons. The van der Waals surface area contributed by atoms with Crippen LogP contribution >= 0.6 is 0 Å². The van der Waals surface area contributed by atoms with Crippen LogP contribution in [-0.4, -0.2) is 35.4 Å². The molecule has 0 bridgehead atoms. The maximum absolute atomic E-state index is 11.7. The second-order valence-corrected chi connectivity index (χ2v) is 4.36. The molecule has 0 saturated carbocycles. The van der Waals surface area contributed by atoms with Crippen molar-refractivity contribution in [1.82, 2.24) is 15.3 Å². The molecule has 1 unspecified atom stereocenters. The van der Waals surface area contributed by atoms with E-state index in [0.29, 0.717) is 0 Å². The lowest BCUT2D eigenvalue weighted by Crippen LogP contribution is -2.48. The van der Waals surface area contributed by atoms with Gasteiger partial charge in [-0.3, -0.25) is 20.1 Å². The lowest BCUT2D eigenvalue weighted by atomic mass is 10.1. The standard InChI is InChI=1S/C13H22N4O/c1-3-6-12(13(18)16-14)17(2)10-8-11-7-4-5-9-15-11/h4-5,7,9,12H,3,6,8,10,14H2,1-2H3,(H,16,18). The van der Waals surface area contributed by atoms with Crippen LogP contribution in [0.4, 0.5) is 0 Å². The van der Waals surface area contributed by atoms with E-state index in [-0.39, 0.29) is 11.9 Å². The van der Waals surface area contributed by atoms with E-state index in [1.165, 1.54) is 0 Å². The molecule has 5 nitrogen and oxygen atoms in total. The molecule has 0 aromatic carbocycles. The maximum Gasteiger partial charge on any atom is 0.251 e. The summed E-state index contributed by atoms with van der Waals surface area (Å²) in [4.78, 5) is 18.0. The van der Waals surface area contributed by atoms with Gasteiger partial charge in [-0.15, -0.1) is 0 Å². The number of pyridine rings is 1. The van der Waals surface area contributed by atoms with Gasteiger partial charge in [0.05, 0.1) is 6.04 Å². The molecule has 0 aliphatic rings. The van der Waals surface area contributed by atoms with Gasteiger partial charge in [0, 0.05) is 24.9 Å². The number of nitrogens with zero attached hydrogens (tertiary/aromatic N) is 2. The Balaban J connectivity index is 2.51. The zero-order chi connectivity index (χ0) is 13.4. The highest BCUT2D eigenvalue weighted by atomic mass is 16.2. The lowest BCUT2D eigenvalue weighted by molar-refractivity contribution is -0.126. The molecule has 0 spiro atoms. The maximum atomic E-state index is 11.7. The van der Waals surface area contributed by atoms with Crippen molar-refractivity contribution >= 4 is 5.91 Å². The van der Waals surface area contributed by atoms with Crippen molar-refractivity contribution in [3.8, 4) is 0 Å². The molecular formula is C13H22N4O. The minimum atomic E-state index is -0.163. The van der Waals surface area contributed by atoms with Crippen molar-refractivity contribution in [3.63, 3.8) is 0 Å². The molecule has 1 amide bonds. The zero-order valence-electron chi connectivity index (χ0n) is 11.1. The van der Waals surface area contributed by atoms with Crippen LogP contribution < -0.4 is 11.3 Å². The number of hydrogen-bond acceptors (Lipinski definition) is 4. The quantitative estimate of drug-likeness (QED) is 0.425. The number of carbonyl (C=O) groups excluding carboxylic acids is 1. The molecular weight excluding hydrogens is 228 g/mol. The van der Waals surface area contributed by atoms with E-state index in [1.807, 2.05) is 30.1 Å². The summed E-state index contributed by atoms with van der Waals surface area (Å²) in [6.45, 7) is 2.85. The Hall–Kier alpha value is -1.46. The molecule has 5 heteroatoms. The second kappa shape index (κ2) is 7.79. The third-order valence-corrected chi connectivity index (χ3v) is 2.99. The van der Waals surface area contributed by atoms with Crippen LogP contribution in [0.25, 0.3) is 0 Å². The molecule has 18 heavy (non-hydrogen) atoms. The summed E-state index contributed by atoms with van der Waals surface area (Å²) in [6, 6.07) is 5.70. The van der Waals surface area contributed by atoms with Crippen molar-refractivity contribution in [1.29, 1.82) is 0 Å². The average molecular weight is 250 g/mol. The largest absolute Gasteiger partial charge is 0.295 e. The van der Waals surface area contributed by atoms with Gasteiger partial charge in [-0.25, -0.2) is 5.84 Å². The summed E-state index contributed by atoms with van der Waals surface area (Å²) in [5.41, 5.74) is 3.27. The molecule has 0 fully saturated rings. The predicted molar refractivity (Wildman–Crippen MR) is 71.6 cm³/mol. The average Bonchev–Trinajstić information content (AvgIpc) is 2.42. The van der Waals surface area contributed by atoms with E-state index < -0.39 is 0 Å². The van der Waals surface area contributed by atoms with Crippen LogP contribution in [0.1, 0.15) is 25.5 Å². The fourth-order valence-electron chi connectivity index (χ4n) is 1.91. The molecule has 0 aliphatic heterocycles. The Labute approximate surface area is 108 Å². The molecule has 1 rings (SSSR count).